The van der Waals surface area contributed by atoms with E-state index in [0.717, 1.165) is 28.4 Å². The maximum atomic E-state index is 4.48. The molecule has 0 saturated heterocycles. The molecule has 8 rings (SSSR count). The minimum absolute atomic E-state index is 0.0909. The summed E-state index contributed by atoms with van der Waals surface area (Å²) in [5.41, 5.74) is 15.5. The highest BCUT2D eigenvalue weighted by molar-refractivity contribution is 5.88. The summed E-state index contributed by atoms with van der Waals surface area (Å²) in [5, 5.41) is 8.87. The van der Waals surface area contributed by atoms with Crippen molar-refractivity contribution in [3.8, 4) is 22.3 Å². The Balaban J connectivity index is 1.25. The van der Waals surface area contributed by atoms with Gasteiger partial charge in [0.2, 0.25) is 0 Å². The lowest BCUT2D eigenvalue weighted by molar-refractivity contribution is 0.660. The van der Waals surface area contributed by atoms with Gasteiger partial charge in [0.15, 0.2) is 0 Å². The van der Waals surface area contributed by atoms with Crippen molar-refractivity contribution in [3.63, 3.8) is 0 Å². The van der Waals surface area contributed by atoms with E-state index in [4.69, 9.17) is 0 Å². The Morgan fingerprint density at radius 1 is 0.444 bits per heavy atom. The third-order valence-corrected chi connectivity index (χ3v) is 9.70. The molecular weight excluding hydrogens is 548 g/mol. The molecule has 1 aromatic heterocycles. The van der Waals surface area contributed by atoms with E-state index >= 15 is 0 Å². The smallest absolute Gasteiger partial charge is 0.0887 e. The molecule has 4 heteroatoms. The monoisotopic (exact) mass is 582 g/mol. The minimum Gasteiger partial charge on any atom is -0.310 e. The van der Waals surface area contributed by atoms with Crippen molar-refractivity contribution >= 4 is 28.4 Å². The predicted octanol–water partition coefficient (Wildman–Crippen LogP) is 11.6. The minimum atomic E-state index is -0.0909. The zero-order valence-corrected chi connectivity index (χ0v) is 26.0. The van der Waals surface area contributed by atoms with Crippen molar-refractivity contribution in [1.29, 1.82) is 0 Å². The Hall–Kier alpha value is -5.35. The highest BCUT2D eigenvalue weighted by Gasteiger charge is 2.37. The summed E-state index contributed by atoms with van der Waals surface area (Å²) in [7, 11) is 0. The van der Waals surface area contributed by atoms with Gasteiger partial charge in [0.05, 0.1) is 11.4 Å². The first-order chi connectivity index (χ1) is 21.8. The Labute approximate surface area is 264 Å². The molecule has 5 aromatic carbocycles. The zero-order chi connectivity index (χ0) is 30.8. The lowest BCUT2D eigenvalue weighted by Gasteiger charge is -2.29. The Bertz CT molecular complexity index is 2000. The Kier molecular flexibility index (Phi) is 6.11. The van der Waals surface area contributed by atoms with Crippen molar-refractivity contribution in [2.75, 3.05) is 4.90 Å². The number of rotatable bonds is 5. The molecule has 0 bridgehead atoms. The van der Waals surface area contributed by atoms with Crippen LogP contribution >= 0.6 is 0 Å². The number of hydrogen-bond donors (Lipinski definition) is 0. The molecule has 0 amide bonds. The number of fused-ring (bicyclic) bond motifs is 6. The summed E-state index contributed by atoms with van der Waals surface area (Å²) in [6.07, 6.45) is 3.45. The van der Waals surface area contributed by atoms with Gasteiger partial charge in [-0.15, -0.1) is 0 Å². The Morgan fingerprint density at radius 3 is 1.38 bits per heavy atom. The number of benzene rings is 5. The fourth-order valence-electron chi connectivity index (χ4n) is 7.30. The molecule has 0 atom stereocenters. The van der Waals surface area contributed by atoms with Crippen LogP contribution in [-0.4, -0.2) is 4.98 Å². The summed E-state index contributed by atoms with van der Waals surface area (Å²) in [6, 6.07) is 43.6. The van der Waals surface area contributed by atoms with Gasteiger partial charge in [-0.3, -0.25) is 4.98 Å². The Morgan fingerprint density at radius 2 is 0.867 bits per heavy atom. The number of anilines is 3. The predicted molar refractivity (Wildman–Crippen MR) is 185 cm³/mol. The van der Waals surface area contributed by atoms with Gasteiger partial charge in [-0.1, -0.05) is 88.4 Å². The van der Waals surface area contributed by atoms with Crippen molar-refractivity contribution in [1.82, 2.24) is 4.98 Å². The van der Waals surface area contributed by atoms with Crippen LogP contribution in [0.4, 0.5) is 28.4 Å². The topological polar surface area (TPSA) is 40.9 Å². The normalized spacial score (nSPS) is 14.9. The second-order valence-corrected chi connectivity index (χ2v) is 13.1. The maximum Gasteiger partial charge on any atom is 0.0887 e. The number of pyridine rings is 1. The van der Waals surface area contributed by atoms with Crippen LogP contribution in [-0.2, 0) is 10.8 Å². The maximum absolute atomic E-state index is 4.48. The van der Waals surface area contributed by atoms with E-state index in [2.05, 4.69) is 145 Å². The van der Waals surface area contributed by atoms with E-state index in [0.29, 0.717) is 0 Å². The average molecular weight is 583 g/mol. The highest BCUT2D eigenvalue weighted by atomic mass is 15.1. The van der Waals surface area contributed by atoms with Crippen LogP contribution in [0.2, 0.25) is 0 Å². The summed E-state index contributed by atoms with van der Waals surface area (Å²) in [5.74, 6) is 0. The molecule has 2 aliphatic carbocycles. The first-order valence-corrected chi connectivity index (χ1v) is 15.5. The second kappa shape index (κ2) is 10.1. The number of azo groups is 1. The first kappa shape index (κ1) is 27.2. The standard InChI is InChI=1S/C41H34N4/c1-40(2)36-11-7-5-9-32(36)34-19-17-30(25-38(34)40)45(29-15-13-27(14-16-29)43-44-28-21-23-42-24-22-28)31-18-20-35-33-10-6-8-12-37(33)41(3,4)39(35)26-31/h5-26H,1-4H3. The van der Waals surface area contributed by atoms with Crippen LogP contribution < -0.4 is 4.90 Å². The van der Waals surface area contributed by atoms with Crippen LogP contribution in [0, 0.1) is 0 Å². The van der Waals surface area contributed by atoms with Crippen LogP contribution in [0.25, 0.3) is 22.3 Å². The van der Waals surface area contributed by atoms with Gasteiger partial charge in [-0.2, -0.15) is 10.2 Å². The van der Waals surface area contributed by atoms with Crippen LogP contribution in [0.3, 0.4) is 0 Å². The average Bonchev–Trinajstić information content (AvgIpc) is 3.44. The van der Waals surface area contributed by atoms with Crippen LogP contribution in [0.1, 0.15) is 49.9 Å². The molecule has 0 N–H and O–H groups in total. The fraction of sp³-hybridized carbons (Fsp3) is 0.146. The van der Waals surface area contributed by atoms with Crippen LogP contribution in [0.15, 0.2) is 144 Å². The summed E-state index contributed by atoms with van der Waals surface area (Å²) < 4.78 is 0. The molecule has 0 spiro atoms. The van der Waals surface area contributed by atoms with Gasteiger partial charge in [-0.25, -0.2) is 0 Å². The summed E-state index contributed by atoms with van der Waals surface area (Å²) in [6.45, 7) is 9.35. The molecule has 45 heavy (non-hydrogen) atoms. The van der Waals surface area contributed by atoms with Gasteiger partial charge in [-0.05, 0) is 105 Å². The van der Waals surface area contributed by atoms with Crippen molar-refractivity contribution < 1.29 is 0 Å². The lowest BCUT2D eigenvalue weighted by Crippen LogP contribution is -2.18. The molecule has 0 radical (unpaired) electrons. The molecule has 218 valence electrons. The zero-order valence-electron chi connectivity index (χ0n) is 26.0. The van der Waals surface area contributed by atoms with Crippen molar-refractivity contribution in [3.05, 3.63) is 156 Å². The van der Waals surface area contributed by atoms with Gasteiger partial charge in [0.25, 0.3) is 0 Å². The van der Waals surface area contributed by atoms with Crippen molar-refractivity contribution in [2.45, 2.75) is 38.5 Å². The molecule has 1 heterocycles. The van der Waals surface area contributed by atoms with E-state index in [-0.39, 0.29) is 10.8 Å². The third kappa shape index (κ3) is 4.32. The lowest BCUT2D eigenvalue weighted by atomic mass is 9.82. The molecule has 0 fully saturated rings. The number of hydrogen-bond acceptors (Lipinski definition) is 4. The van der Waals surface area contributed by atoms with E-state index < -0.39 is 0 Å². The summed E-state index contributed by atoms with van der Waals surface area (Å²) >= 11 is 0. The quantitative estimate of drug-likeness (QED) is 0.190. The molecule has 4 nitrogen and oxygen atoms in total. The van der Waals surface area contributed by atoms with E-state index in [1.54, 1.807) is 12.4 Å². The fourth-order valence-corrected chi connectivity index (χ4v) is 7.30. The van der Waals surface area contributed by atoms with Gasteiger partial charge >= 0.3 is 0 Å². The second-order valence-electron chi connectivity index (χ2n) is 13.1. The molecule has 0 aliphatic heterocycles. The number of aromatic nitrogens is 1. The third-order valence-electron chi connectivity index (χ3n) is 9.70. The molecule has 6 aromatic rings. The largest absolute Gasteiger partial charge is 0.310 e. The van der Waals surface area contributed by atoms with E-state index in [1.807, 2.05) is 24.3 Å². The SMILES string of the molecule is CC1(C)c2ccccc2-c2ccc(N(c3ccc(N=Nc4ccncc4)cc3)c3ccc4c(c3)C(C)(C)c3ccccc3-4)cc21. The molecule has 0 unspecified atom stereocenters. The van der Waals surface area contributed by atoms with E-state index in [9.17, 15) is 0 Å². The van der Waals surface area contributed by atoms with E-state index in [1.165, 1.54) is 44.5 Å². The van der Waals surface area contributed by atoms with Gasteiger partial charge in [0, 0.05) is 40.3 Å². The van der Waals surface area contributed by atoms with Crippen LogP contribution in [0.5, 0.6) is 0 Å². The molecular formula is C41H34N4. The summed E-state index contributed by atoms with van der Waals surface area (Å²) in [4.78, 5) is 6.44. The van der Waals surface area contributed by atoms with Crippen molar-refractivity contribution in [2.24, 2.45) is 10.2 Å². The van der Waals surface area contributed by atoms with Gasteiger partial charge < -0.3 is 4.90 Å². The first-order valence-electron chi connectivity index (χ1n) is 15.5. The highest BCUT2D eigenvalue weighted by Crippen LogP contribution is 2.53. The molecule has 2 aliphatic rings. The van der Waals surface area contributed by atoms with Gasteiger partial charge in [0.1, 0.15) is 0 Å². The molecule has 0 saturated carbocycles. The number of nitrogens with zero attached hydrogens (tertiary/aromatic N) is 4.